The average molecular weight is 178 g/mol. The third-order valence-corrected chi connectivity index (χ3v) is 1.75. The summed E-state index contributed by atoms with van der Waals surface area (Å²) in [5, 5.41) is 10.1. The molecule has 0 aromatic carbocycles. The van der Waals surface area contributed by atoms with Gasteiger partial charge in [-0.2, -0.15) is 5.43 Å². The lowest BCUT2D eigenvalue weighted by molar-refractivity contribution is -0.144. The maximum atomic E-state index is 10.6. The largest absolute Gasteiger partial charge is 0.478 e. The Kier molecular flexibility index (Phi) is 2.01. The Bertz CT molecular complexity index is 208. The summed E-state index contributed by atoms with van der Waals surface area (Å²) in [7, 11) is 1.65. The summed E-state index contributed by atoms with van der Waals surface area (Å²) in [4.78, 5) is 14.3. The third-order valence-electron chi connectivity index (χ3n) is 1.36. The molecule has 11 heavy (non-hydrogen) atoms. The van der Waals surface area contributed by atoms with Crippen LogP contribution in [-0.4, -0.2) is 41.0 Å². The van der Waals surface area contributed by atoms with Gasteiger partial charge in [0.1, 0.15) is 6.34 Å². The van der Waals surface area contributed by atoms with E-state index in [1.165, 1.54) is 11.3 Å². The molecule has 6 heteroatoms. The molecule has 0 aromatic rings. The number of nitrogens with zero attached hydrogens (tertiary/aromatic N) is 2. The second-order valence-electron chi connectivity index (χ2n) is 2.27. The van der Waals surface area contributed by atoms with Gasteiger partial charge in [0.15, 0.2) is 0 Å². The molecule has 1 atom stereocenters. The van der Waals surface area contributed by atoms with E-state index in [0.29, 0.717) is 0 Å². The molecule has 0 bridgehead atoms. The molecular weight excluding hydrogens is 170 g/mol. The monoisotopic (exact) mass is 177 g/mol. The Labute approximate surface area is 68.6 Å². The highest BCUT2D eigenvalue weighted by Crippen LogP contribution is 2.13. The fraction of sp³-hybridized carbons (Fsp3) is 0.600. The minimum Gasteiger partial charge on any atom is -0.478 e. The maximum Gasteiger partial charge on any atom is 0.349 e. The Morgan fingerprint density at radius 2 is 2.64 bits per heavy atom. The van der Waals surface area contributed by atoms with Gasteiger partial charge in [-0.25, -0.2) is 9.79 Å². The van der Waals surface area contributed by atoms with Gasteiger partial charge in [0.25, 0.3) is 0 Å². The number of aliphatic imine (C=N–C) groups is 1. The number of rotatable bonds is 2. The predicted octanol–water partition coefficient (Wildman–Crippen LogP) is -0.516. The molecule has 62 valence electrons. The molecule has 0 radical (unpaired) electrons. The first kappa shape index (κ1) is 8.29. The highest BCUT2D eigenvalue weighted by molar-refractivity contribution is 6.20. The molecule has 0 fully saturated rings. The fourth-order valence-corrected chi connectivity index (χ4v) is 1.00. The number of hydrogen-bond donors (Lipinski definition) is 2. The van der Waals surface area contributed by atoms with Gasteiger partial charge in [0.05, 0.1) is 5.88 Å². The first-order valence-electron chi connectivity index (χ1n) is 2.96. The number of halogens is 1. The highest BCUT2D eigenvalue weighted by atomic mass is 35.5. The number of carbonyl (C=O) groups is 1. The van der Waals surface area contributed by atoms with E-state index in [2.05, 4.69) is 10.4 Å². The van der Waals surface area contributed by atoms with Crippen LogP contribution in [0.2, 0.25) is 0 Å². The van der Waals surface area contributed by atoms with Crippen molar-refractivity contribution < 1.29 is 9.90 Å². The number of carboxylic acid groups (broad SMARTS) is 1. The molecule has 0 spiro atoms. The van der Waals surface area contributed by atoms with Crippen LogP contribution in [0.25, 0.3) is 0 Å². The summed E-state index contributed by atoms with van der Waals surface area (Å²) in [5.41, 5.74) is 1.23. The Hall–Kier alpha value is -0.810. The topological polar surface area (TPSA) is 64.9 Å². The summed E-state index contributed by atoms with van der Waals surface area (Å²) in [6.45, 7) is 0. The first-order chi connectivity index (χ1) is 5.10. The molecule has 1 aliphatic heterocycles. The number of hydrazine groups is 1. The number of alkyl halides is 1. The molecule has 0 saturated heterocycles. The van der Waals surface area contributed by atoms with Gasteiger partial charge in [-0.05, 0) is 0 Å². The SMILES string of the molecule is CN1C=NC(CCl)(C(=O)O)N1. The maximum absolute atomic E-state index is 10.6. The average Bonchev–Trinajstić information content (AvgIpc) is 2.33. The van der Waals surface area contributed by atoms with Gasteiger partial charge >= 0.3 is 5.97 Å². The molecule has 0 amide bonds. The van der Waals surface area contributed by atoms with Crippen molar-refractivity contribution in [3.05, 3.63) is 0 Å². The lowest BCUT2D eigenvalue weighted by Crippen LogP contribution is -2.52. The van der Waals surface area contributed by atoms with Crippen LogP contribution in [0.15, 0.2) is 4.99 Å². The molecular formula is C5H8ClN3O2. The van der Waals surface area contributed by atoms with Crippen molar-refractivity contribution >= 4 is 23.9 Å². The Morgan fingerprint density at radius 1 is 2.00 bits per heavy atom. The lowest BCUT2D eigenvalue weighted by Gasteiger charge is -2.20. The molecule has 0 aromatic heterocycles. The van der Waals surface area contributed by atoms with E-state index in [4.69, 9.17) is 16.7 Å². The number of hydrogen-bond acceptors (Lipinski definition) is 4. The predicted molar refractivity (Wildman–Crippen MR) is 40.5 cm³/mol. The van der Waals surface area contributed by atoms with Crippen molar-refractivity contribution in [2.24, 2.45) is 4.99 Å². The van der Waals surface area contributed by atoms with Gasteiger partial charge in [-0.1, -0.05) is 0 Å². The zero-order chi connectivity index (χ0) is 8.48. The van der Waals surface area contributed by atoms with E-state index in [9.17, 15) is 4.79 Å². The second kappa shape index (κ2) is 2.67. The number of carboxylic acids is 1. The third kappa shape index (κ3) is 1.29. The number of aliphatic carboxylic acids is 1. The second-order valence-corrected chi connectivity index (χ2v) is 2.53. The summed E-state index contributed by atoms with van der Waals surface area (Å²) >= 11 is 5.44. The minimum absolute atomic E-state index is 0.0941. The molecule has 5 nitrogen and oxygen atoms in total. The van der Waals surface area contributed by atoms with Gasteiger partial charge in [-0.3, -0.25) is 5.01 Å². The van der Waals surface area contributed by atoms with E-state index in [1.54, 1.807) is 7.05 Å². The fourth-order valence-electron chi connectivity index (χ4n) is 0.759. The normalized spacial score (nSPS) is 29.5. The van der Waals surface area contributed by atoms with E-state index in [1.807, 2.05) is 0 Å². The van der Waals surface area contributed by atoms with E-state index in [-0.39, 0.29) is 5.88 Å². The van der Waals surface area contributed by atoms with Crippen molar-refractivity contribution in [2.45, 2.75) is 5.66 Å². The van der Waals surface area contributed by atoms with Gasteiger partial charge in [-0.15, -0.1) is 11.6 Å². The summed E-state index contributed by atoms with van der Waals surface area (Å²) in [6, 6.07) is 0. The molecule has 2 N–H and O–H groups in total. The summed E-state index contributed by atoms with van der Waals surface area (Å²) in [6.07, 6.45) is 1.39. The smallest absolute Gasteiger partial charge is 0.349 e. The molecule has 1 aliphatic rings. The summed E-state index contributed by atoms with van der Waals surface area (Å²) < 4.78 is 0. The van der Waals surface area contributed by atoms with Crippen molar-refractivity contribution in [1.29, 1.82) is 0 Å². The quantitative estimate of drug-likeness (QED) is 0.558. The van der Waals surface area contributed by atoms with Crippen LogP contribution in [0.1, 0.15) is 0 Å². The zero-order valence-corrected chi connectivity index (χ0v) is 6.67. The van der Waals surface area contributed by atoms with Gasteiger partial charge in [0.2, 0.25) is 5.66 Å². The van der Waals surface area contributed by atoms with E-state index < -0.39 is 11.6 Å². The van der Waals surface area contributed by atoms with Crippen molar-refractivity contribution in [2.75, 3.05) is 12.9 Å². The Balaban J connectivity index is 2.80. The highest BCUT2D eigenvalue weighted by Gasteiger charge is 2.41. The molecule has 1 rings (SSSR count). The van der Waals surface area contributed by atoms with Crippen LogP contribution >= 0.6 is 11.6 Å². The van der Waals surface area contributed by atoms with Crippen LogP contribution in [0.5, 0.6) is 0 Å². The van der Waals surface area contributed by atoms with Crippen LogP contribution in [0.4, 0.5) is 0 Å². The standard InChI is InChI=1S/C5H8ClN3O2/c1-9-3-7-5(2-6,8-9)4(10)11/h3,8H,2H2,1H3,(H,10,11). The Morgan fingerprint density at radius 3 is 2.82 bits per heavy atom. The van der Waals surface area contributed by atoms with Crippen LogP contribution in [-0.2, 0) is 4.79 Å². The van der Waals surface area contributed by atoms with Crippen LogP contribution in [0, 0.1) is 0 Å². The van der Waals surface area contributed by atoms with Crippen molar-refractivity contribution in [3.63, 3.8) is 0 Å². The first-order valence-corrected chi connectivity index (χ1v) is 3.49. The zero-order valence-electron chi connectivity index (χ0n) is 5.91. The lowest BCUT2D eigenvalue weighted by atomic mass is 10.2. The van der Waals surface area contributed by atoms with Gasteiger partial charge < -0.3 is 5.11 Å². The summed E-state index contributed by atoms with van der Waals surface area (Å²) in [5.74, 6) is -1.17. The minimum atomic E-state index is -1.36. The molecule has 1 unspecified atom stereocenters. The van der Waals surface area contributed by atoms with E-state index >= 15 is 0 Å². The van der Waals surface area contributed by atoms with Crippen LogP contribution in [0.3, 0.4) is 0 Å². The van der Waals surface area contributed by atoms with Crippen molar-refractivity contribution in [1.82, 2.24) is 10.4 Å². The van der Waals surface area contributed by atoms with Crippen LogP contribution < -0.4 is 5.43 Å². The molecule has 0 aliphatic carbocycles. The molecule has 0 saturated carbocycles. The van der Waals surface area contributed by atoms with E-state index in [0.717, 1.165) is 0 Å². The number of nitrogens with one attached hydrogen (secondary N) is 1. The molecule has 1 heterocycles. The van der Waals surface area contributed by atoms with Gasteiger partial charge in [0, 0.05) is 7.05 Å². The van der Waals surface area contributed by atoms with Crippen molar-refractivity contribution in [3.8, 4) is 0 Å².